The molecule has 0 aromatic carbocycles. The first-order valence-electron chi connectivity index (χ1n) is 5.98. The Balaban J connectivity index is 2.87. The van der Waals surface area contributed by atoms with Gasteiger partial charge < -0.3 is 14.7 Å². The van der Waals surface area contributed by atoms with Crippen LogP contribution in [-0.4, -0.2) is 46.7 Å². The number of rotatable bonds is 4. The summed E-state index contributed by atoms with van der Waals surface area (Å²) in [6.07, 6.45) is 0.357. The molecular weight excluding hydrogens is 222 g/mol. The van der Waals surface area contributed by atoms with Gasteiger partial charge in [-0.05, 0) is 33.1 Å². The van der Waals surface area contributed by atoms with Crippen LogP contribution >= 0.6 is 0 Å². The van der Waals surface area contributed by atoms with Gasteiger partial charge in [0.2, 0.25) is 0 Å². The Morgan fingerprint density at radius 3 is 2.41 bits per heavy atom. The topological polar surface area (TPSA) is 66.8 Å². The summed E-state index contributed by atoms with van der Waals surface area (Å²) < 4.78 is 5.40. The maximum absolute atomic E-state index is 12.3. The van der Waals surface area contributed by atoms with Gasteiger partial charge in [0, 0.05) is 13.2 Å². The normalized spacial score (nSPS) is 24.7. The second-order valence-corrected chi connectivity index (χ2v) is 5.00. The van der Waals surface area contributed by atoms with Gasteiger partial charge in [-0.2, -0.15) is 0 Å². The Labute approximate surface area is 102 Å². The largest absolute Gasteiger partial charge is 0.480 e. The fraction of sp³-hybridized carbons (Fsp3) is 0.833. The SMILES string of the molecule is CCN(C(=O)C1OCCC1C)C(C)(C)C(=O)O. The van der Waals surface area contributed by atoms with Gasteiger partial charge in [-0.3, -0.25) is 4.79 Å². The summed E-state index contributed by atoms with van der Waals surface area (Å²) in [4.78, 5) is 24.8. The van der Waals surface area contributed by atoms with Crippen LogP contribution in [-0.2, 0) is 14.3 Å². The van der Waals surface area contributed by atoms with Crippen LogP contribution in [0.3, 0.4) is 0 Å². The number of carbonyl (C=O) groups excluding carboxylic acids is 1. The molecule has 0 spiro atoms. The number of carboxylic acid groups (broad SMARTS) is 1. The predicted molar refractivity (Wildman–Crippen MR) is 62.6 cm³/mol. The number of ether oxygens (including phenoxy) is 1. The lowest BCUT2D eigenvalue weighted by Gasteiger charge is -2.36. The minimum absolute atomic E-state index is 0.154. The zero-order valence-electron chi connectivity index (χ0n) is 10.9. The highest BCUT2D eigenvalue weighted by molar-refractivity contribution is 5.88. The van der Waals surface area contributed by atoms with Gasteiger partial charge in [-0.25, -0.2) is 4.79 Å². The van der Waals surface area contributed by atoms with Crippen LogP contribution in [0.4, 0.5) is 0 Å². The van der Waals surface area contributed by atoms with Crippen LogP contribution in [0.15, 0.2) is 0 Å². The molecule has 0 aromatic heterocycles. The zero-order valence-corrected chi connectivity index (χ0v) is 10.9. The van der Waals surface area contributed by atoms with Gasteiger partial charge >= 0.3 is 5.97 Å². The molecule has 2 unspecified atom stereocenters. The highest BCUT2D eigenvalue weighted by Crippen LogP contribution is 2.25. The third kappa shape index (κ3) is 2.60. The van der Waals surface area contributed by atoms with Gasteiger partial charge in [-0.15, -0.1) is 0 Å². The van der Waals surface area contributed by atoms with Crippen molar-refractivity contribution in [2.45, 2.75) is 45.8 Å². The number of amides is 1. The van der Waals surface area contributed by atoms with E-state index >= 15 is 0 Å². The van der Waals surface area contributed by atoms with E-state index in [1.165, 1.54) is 18.7 Å². The third-order valence-electron chi connectivity index (χ3n) is 3.41. The maximum atomic E-state index is 12.3. The number of nitrogens with zero attached hydrogens (tertiary/aromatic N) is 1. The van der Waals surface area contributed by atoms with E-state index in [9.17, 15) is 9.59 Å². The number of aliphatic carboxylic acids is 1. The molecule has 1 rings (SSSR count). The molecule has 98 valence electrons. The highest BCUT2D eigenvalue weighted by atomic mass is 16.5. The molecule has 1 saturated heterocycles. The molecule has 1 amide bonds. The van der Waals surface area contributed by atoms with Gasteiger partial charge in [0.1, 0.15) is 11.6 Å². The van der Waals surface area contributed by atoms with E-state index in [0.717, 1.165) is 6.42 Å². The molecule has 0 radical (unpaired) electrons. The summed E-state index contributed by atoms with van der Waals surface area (Å²) in [5.74, 6) is -1.07. The molecule has 0 bridgehead atoms. The average molecular weight is 243 g/mol. The van der Waals surface area contributed by atoms with Crippen LogP contribution in [0.1, 0.15) is 34.1 Å². The summed E-state index contributed by atoms with van der Waals surface area (Å²) >= 11 is 0. The van der Waals surface area contributed by atoms with Gasteiger partial charge in [0.25, 0.3) is 5.91 Å². The van der Waals surface area contributed by atoms with E-state index in [4.69, 9.17) is 9.84 Å². The molecule has 1 aliphatic heterocycles. The van der Waals surface area contributed by atoms with Crippen molar-refractivity contribution in [1.82, 2.24) is 4.90 Å². The van der Waals surface area contributed by atoms with E-state index in [-0.39, 0.29) is 11.8 Å². The van der Waals surface area contributed by atoms with E-state index in [0.29, 0.717) is 13.2 Å². The average Bonchev–Trinajstić information content (AvgIpc) is 2.64. The lowest BCUT2D eigenvalue weighted by Crippen LogP contribution is -2.56. The van der Waals surface area contributed by atoms with E-state index in [2.05, 4.69) is 0 Å². The minimum atomic E-state index is -1.20. The maximum Gasteiger partial charge on any atom is 0.329 e. The molecule has 1 fully saturated rings. The zero-order chi connectivity index (χ0) is 13.2. The van der Waals surface area contributed by atoms with Crippen molar-refractivity contribution in [2.24, 2.45) is 5.92 Å². The fourth-order valence-electron chi connectivity index (χ4n) is 2.11. The van der Waals surface area contributed by atoms with Gasteiger partial charge in [0.15, 0.2) is 0 Å². The smallest absolute Gasteiger partial charge is 0.329 e. The molecule has 1 N–H and O–H groups in total. The quantitative estimate of drug-likeness (QED) is 0.803. The highest BCUT2D eigenvalue weighted by Gasteiger charge is 2.42. The Hall–Kier alpha value is -1.10. The molecule has 2 atom stereocenters. The van der Waals surface area contributed by atoms with Gasteiger partial charge in [0.05, 0.1) is 0 Å². The van der Waals surface area contributed by atoms with Crippen molar-refractivity contribution in [3.8, 4) is 0 Å². The van der Waals surface area contributed by atoms with Crippen LogP contribution in [0.5, 0.6) is 0 Å². The molecule has 5 nitrogen and oxygen atoms in total. The molecule has 1 aliphatic rings. The Morgan fingerprint density at radius 1 is 1.47 bits per heavy atom. The summed E-state index contributed by atoms with van der Waals surface area (Å²) in [5.41, 5.74) is -1.20. The van der Waals surface area contributed by atoms with E-state index in [1.807, 2.05) is 6.92 Å². The molecule has 0 saturated carbocycles. The van der Waals surface area contributed by atoms with Crippen LogP contribution in [0.2, 0.25) is 0 Å². The first-order chi connectivity index (χ1) is 7.82. The second-order valence-electron chi connectivity index (χ2n) is 5.00. The molecule has 5 heteroatoms. The van der Waals surface area contributed by atoms with Crippen molar-refractivity contribution in [3.05, 3.63) is 0 Å². The number of hydrogen-bond acceptors (Lipinski definition) is 3. The molecule has 0 aromatic rings. The lowest BCUT2D eigenvalue weighted by molar-refractivity contribution is -0.161. The molecule has 0 aliphatic carbocycles. The first kappa shape index (κ1) is 14.0. The third-order valence-corrected chi connectivity index (χ3v) is 3.41. The molecular formula is C12H21NO4. The standard InChI is InChI=1S/C12H21NO4/c1-5-13(12(3,4)11(15)16)10(14)9-8(2)6-7-17-9/h8-9H,5-7H2,1-4H3,(H,15,16). The minimum Gasteiger partial charge on any atom is -0.480 e. The van der Waals surface area contributed by atoms with Crippen molar-refractivity contribution >= 4 is 11.9 Å². The van der Waals surface area contributed by atoms with Crippen LogP contribution < -0.4 is 0 Å². The number of carboxylic acids is 1. The Bertz CT molecular complexity index is 314. The first-order valence-corrected chi connectivity index (χ1v) is 5.98. The Kier molecular flexibility index (Phi) is 4.14. The summed E-state index contributed by atoms with van der Waals surface area (Å²) in [7, 11) is 0. The molecule has 17 heavy (non-hydrogen) atoms. The van der Waals surface area contributed by atoms with Gasteiger partial charge in [-0.1, -0.05) is 6.92 Å². The molecule has 1 heterocycles. The number of hydrogen-bond donors (Lipinski definition) is 1. The van der Waals surface area contributed by atoms with E-state index < -0.39 is 17.6 Å². The predicted octanol–water partition coefficient (Wildman–Crippen LogP) is 1.12. The monoisotopic (exact) mass is 243 g/mol. The lowest BCUT2D eigenvalue weighted by atomic mass is 9.98. The second kappa shape index (κ2) is 5.04. The number of carbonyl (C=O) groups is 2. The summed E-state index contributed by atoms with van der Waals surface area (Å²) in [6.45, 7) is 7.75. The number of likely N-dealkylation sites (N-methyl/N-ethyl adjacent to an activating group) is 1. The van der Waals surface area contributed by atoms with Crippen molar-refractivity contribution in [1.29, 1.82) is 0 Å². The fourth-order valence-corrected chi connectivity index (χ4v) is 2.11. The van der Waals surface area contributed by atoms with Crippen LogP contribution in [0.25, 0.3) is 0 Å². The summed E-state index contributed by atoms with van der Waals surface area (Å²) in [5, 5.41) is 9.17. The van der Waals surface area contributed by atoms with Crippen molar-refractivity contribution < 1.29 is 19.4 Å². The Morgan fingerprint density at radius 2 is 2.06 bits per heavy atom. The summed E-state index contributed by atoms with van der Waals surface area (Å²) in [6, 6.07) is 0. The van der Waals surface area contributed by atoms with Crippen molar-refractivity contribution in [2.75, 3.05) is 13.2 Å². The van der Waals surface area contributed by atoms with Crippen LogP contribution in [0, 0.1) is 5.92 Å². The van der Waals surface area contributed by atoms with Crippen molar-refractivity contribution in [3.63, 3.8) is 0 Å². The van der Waals surface area contributed by atoms with E-state index in [1.54, 1.807) is 6.92 Å².